The number of benzene rings is 1. The van der Waals surface area contributed by atoms with Crippen LogP contribution in [0.5, 0.6) is 0 Å². The third-order valence-corrected chi connectivity index (χ3v) is 4.97. The van der Waals surface area contributed by atoms with Gasteiger partial charge in [0.25, 0.3) is 0 Å². The van der Waals surface area contributed by atoms with E-state index in [4.69, 9.17) is 0 Å². The monoisotopic (exact) mass is 367 g/mol. The van der Waals surface area contributed by atoms with Gasteiger partial charge in [-0.25, -0.2) is 9.50 Å². The molecule has 0 aliphatic heterocycles. The summed E-state index contributed by atoms with van der Waals surface area (Å²) in [6.07, 6.45) is 5.19. The zero-order valence-electron chi connectivity index (χ0n) is 12.3. The summed E-state index contributed by atoms with van der Waals surface area (Å²) >= 11 is 3.44. The fourth-order valence-electron chi connectivity index (χ4n) is 3.16. The van der Waals surface area contributed by atoms with Crippen LogP contribution in [0.2, 0.25) is 0 Å². The van der Waals surface area contributed by atoms with Crippen molar-refractivity contribution in [3.8, 4) is 6.07 Å². The van der Waals surface area contributed by atoms with Gasteiger partial charge in [-0.3, -0.25) is 0 Å². The first-order valence-electron chi connectivity index (χ1n) is 7.43. The van der Waals surface area contributed by atoms with Crippen molar-refractivity contribution in [1.82, 2.24) is 14.6 Å². The van der Waals surface area contributed by atoms with Gasteiger partial charge in [0.2, 0.25) is 0 Å². The molecule has 23 heavy (non-hydrogen) atoms. The average Bonchev–Trinajstić information content (AvgIpc) is 2.92. The molecule has 0 amide bonds. The van der Waals surface area contributed by atoms with Gasteiger partial charge >= 0.3 is 0 Å². The molecule has 1 aromatic carbocycles. The van der Waals surface area contributed by atoms with E-state index in [1.807, 2.05) is 42.6 Å². The van der Waals surface area contributed by atoms with Crippen LogP contribution < -0.4 is 5.32 Å². The topological polar surface area (TPSA) is 66.0 Å². The second-order valence-corrected chi connectivity index (χ2v) is 6.74. The summed E-state index contributed by atoms with van der Waals surface area (Å²) in [5.41, 5.74) is 1.51. The molecule has 1 saturated carbocycles. The standard InChI is InChI=1S/C17H14BrN5/c18-14-10-20-23-7-6-15(22-16(14)23)21-13-8-17(9-13,11-19)12-4-2-1-3-5-12/h1-7,10,13H,8-9H2,(H,21,22). The molecule has 0 bridgehead atoms. The molecule has 1 aliphatic carbocycles. The Labute approximate surface area is 142 Å². The molecule has 0 unspecified atom stereocenters. The van der Waals surface area contributed by atoms with Crippen LogP contribution in [-0.2, 0) is 5.41 Å². The minimum atomic E-state index is -0.375. The van der Waals surface area contributed by atoms with Crippen LogP contribution in [0.4, 0.5) is 5.82 Å². The van der Waals surface area contributed by atoms with Gasteiger partial charge in [0, 0.05) is 12.2 Å². The Balaban J connectivity index is 1.51. The maximum Gasteiger partial charge on any atom is 0.171 e. The molecular weight excluding hydrogens is 354 g/mol. The maximum absolute atomic E-state index is 9.61. The van der Waals surface area contributed by atoms with Crippen LogP contribution in [0.25, 0.3) is 5.65 Å². The summed E-state index contributed by atoms with van der Waals surface area (Å²) < 4.78 is 2.59. The molecule has 114 valence electrons. The molecule has 2 heterocycles. The summed E-state index contributed by atoms with van der Waals surface area (Å²) in [7, 11) is 0. The Kier molecular flexibility index (Phi) is 3.31. The van der Waals surface area contributed by atoms with Crippen LogP contribution in [0.3, 0.4) is 0 Å². The van der Waals surface area contributed by atoms with Crippen molar-refractivity contribution in [2.75, 3.05) is 5.32 Å². The third kappa shape index (κ3) is 2.37. The highest BCUT2D eigenvalue weighted by molar-refractivity contribution is 9.10. The minimum absolute atomic E-state index is 0.256. The number of nitrogens with zero attached hydrogens (tertiary/aromatic N) is 4. The number of halogens is 1. The van der Waals surface area contributed by atoms with Crippen LogP contribution in [0, 0.1) is 11.3 Å². The van der Waals surface area contributed by atoms with Gasteiger partial charge < -0.3 is 5.32 Å². The van der Waals surface area contributed by atoms with Crippen molar-refractivity contribution in [2.24, 2.45) is 0 Å². The normalized spacial score (nSPS) is 23.2. The largest absolute Gasteiger partial charge is 0.367 e. The first-order chi connectivity index (χ1) is 11.2. The summed E-state index contributed by atoms with van der Waals surface area (Å²) in [5, 5.41) is 17.2. The molecule has 4 rings (SSSR count). The zero-order valence-corrected chi connectivity index (χ0v) is 13.9. The van der Waals surface area contributed by atoms with Gasteiger partial charge in [-0.05, 0) is 40.4 Å². The second kappa shape index (κ2) is 5.36. The van der Waals surface area contributed by atoms with E-state index in [-0.39, 0.29) is 11.5 Å². The van der Waals surface area contributed by atoms with E-state index in [9.17, 15) is 5.26 Å². The SMILES string of the molecule is N#CC1(c2ccccc2)CC(Nc2ccn3ncc(Br)c3n2)C1. The zero-order chi connectivity index (χ0) is 15.9. The van der Waals surface area contributed by atoms with Gasteiger partial charge in [0.15, 0.2) is 5.65 Å². The van der Waals surface area contributed by atoms with Crippen molar-refractivity contribution < 1.29 is 0 Å². The first kappa shape index (κ1) is 14.2. The number of rotatable bonds is 3. The maximum atomic E-state index is 9.61. The highest BCUT2D eigenvalue weighted by Gasteiger charge is 2.46. The fraction of sp³-hybridized carbons (Fsp3) is 0.235. The number of hydrogen-bond donors (Lipinski definition) is 1. The van der Waals surface area contributed by atoms with Crippen molar-refractivity contribution in [3.05, 3.63) is 58.8 Å². The van der Waals surface area contributed by atoms with E-state index >= 15 is 0 Å². The van der Waals surface area contributed by atoms with Crippen LogP contribution in [-0.4, -0.2) is 20.6 Å². The van der Waals surface area contributed by atoms with E-state index in [2.05, 4.69) is 37.4 Å². The number of fused-ring (bicyclic) bond motifs is 1. The lowest BCUT2D eigenvalue weighted by Gasteiger charge is -2.43. The molecule has 6 heteroatoms. The highest BCUT2D eigenvalue weighted by atomic mass is 79.9. The summed E-state index contributed by atoms with van der Waals surface area (Å²) in [4.78, 5) is 4.56. The van der Waals surface area contributed by atoms with Gasteiger partial charge in [-0.15, -0.1) is 0 Å². The lowest BCUT2D eigenvalue weighted by molar-refractivity contribution is 0.289. The van der Waals surface area contributed by atoms with Crippen molar-refractivity contribution in [3.63, 3.8) is 0 Å². The van der Waals surface area contributed by atoms with Crippen molar-refractivity contribution >= 4 is 27.4 Å². The summed E-state index contributed by atoms with van der Waals surface area (Å²) in [5.74, 6) is 0.809. The highest BCUT2D eigenvalue weighted by Crippen LogP contribution is 2.44. The number of nitriles is 1. The fourth-order valence-corrected chi connectivity index (χ4v) is 3.52. The molecule has 0 saturated heterocycles. The molecule has 0 radical (unpaired) electrons. The van der Waals surface area contributed by atoms with Gasteiger partial charge in [-0.2, -0.15) is 10.4 Å². The van der Waals surface area contributed by atoms with Gasteiger partial charge in [0.05, 0.1) is 22.2 Å². The molecule has 5 nitrogen and oxygen atoms in total. The van der Waals surface area contributed by atoms with Crippen LogP contribution >= 0.6 is 15.9 Å². The van der Waals surface area contributed by atoms with E-state index in [1.54, 1.807) is 10.7 Å². The Bertz CT molecular complexity index is 890. The number of nitrogens with one attached hydrogen (secondary N) is 1. The van der Waals surface area contributed by atoms with E-state index in [1.165, 1.54) is 0 Å². The average molecular weight is 368 g/mol. The predicted octanol–water partition coefficient (Wildman–Crippen LogP) is 3.53. The Morgan fingerprint density at radius 2 is 2.04 bits per heavy atom. The second-order valence-electron chi connectivity index (χ2n) is 5.88. The quantitative estimate of drug-likeness (QED) is 0.768. The van der Waals surface area contributed by atoms with Crippen LogP contribution in [0.1, 0.15) is 18.4 Å². The molecule has 3 aromatic rings. The Hall–Kier alpha value is -2.39. The summed E-state index contributed by atoms with van der Waals surface area (Å²) in [6, 6.07) is 14.7. The lowest BCUT2D eigenvalue weighted by Crippen LogP contribution is -2.47. The van der Waals surface area contributed by atoms with Gasteiger partial charge in [0.1, 0.15) is 5.82 Å². The molecule has 0 atom stereocenters. The number of aromatic nitrogens is 3. The van der Waals surface area contributed by atoms with E-state index in [0.29, 0.717) is 0 Å². The Morgan fingerprint density at radius 1 is 1.26 bits per heavy atom. The van der Waals surface area contributed by atoms with Crippen molar-refractivity contribution in [2.45, 2.75) is 24.3 Å². The molecule has 1 fully saturated rings. The third-order valence-electron chi connectivity index (χ3n) is 4.41. The number of hydrogen-bond acceptors (Lipinski definition) is 4. The predicted molar refractivity (Wildman–Crippen MR) is 91.1 cm³/mol. The smallest absolute Gasteiger partial charge is 0.171 e. The molecule has 1 N–H and O–H groups in total. The van der Waals surface area contributed by atoms with E-state index < -0.39 is 0 Å². The first-order valence-corrected chi connectivity index (χ1v) is 8.23. The minimum Gasteiger partial charge on any atom is -0.367 e. The Morgan fingerprint density at radius 3 is 2.78 bits per heavy atom. The molecule has 2 aromatic heterocycles. The lowest BCUT2D eigenvalue weighted by atomic mass is 9.62. The summed E-state index contributed by atoms with van der Waals surface area (Å²) in [6.45, 7) is 0. The van der Waals surface area contributed by atoms with Gasteiger partial charge in [-0.1, -0.05) is 30.3 Å². The van der Waals surface area contributed by atoms with Crippen LogP contribution in [0.15, 0.2) is 53.3 Å². The van der Waals surface area contributed by atoms with E-state index in [0.717, 1.165) is 34.3 Å². The molecular formula is C17H14BrN5. The molecule has 0 spiro atoms. The number of anilines is 1. The van der Waals surface area contributed by atoms with Crippen molar-refractivity contribution in [1.29, 1.82) is 5.26 Å². The molecule has 1 aliphatic rings.